The van der Waals surface area contributed by atoms with Crippen molar-refractivity contribution >= 4 is 34.7 Å². The van der Waals surface area contributed by atoms with E-state index in [2.05, 4.69) is 20.4 Å². The predicted molar refractivity (Wildman–Crippen MR) is 119 cm³/mol. The first-order valence-corrected chi connectivity index (χ1v) is 10.3. The molecule has 3 aromatic rings. The third-order valence-corrected chi connectivity index (χ3v) is 5.50. The zero-order chi connectivity index (χ0) is 21.8. The highest BCUT2D eigenvalue weighted by Crippen LogP contribution is 2.25. The van der Waals surface area contributed by atoms with Crippen molar-refractivity contribution in [3.8, 4) is 11.3 Å². The Labute approximate surface area is 184 Å². The number of nitrogens with zero attached hydrogens (tertiary/aromatic N) is 4. The van der Waals surface area contributed by atoms with Crippen LogP contribution < -0.4 is 10.2 Å². The number of carbonyl (C=O) groups excluding carboxylic acids is 1. The van der Waals surface area contributed by atoms with Gasteiger partial charge in [-0.05, 0) is 49.2 Å². The van der Waals surface area contributed by atoms with Crippen molar-refractivity contribution in [1.82, 2.24) is 10.2 Å². The van der Waals surface area contributed by atoms with Crippen LogP contribution in [0, 0.1) is 16.0 Å². The summed E-state index contributed by atoms with van der Waals surface area (Å²) < 4.78 is 0. The fourth-order valence-corrected chi connectivity index (χ4v) is 3.70. The molecule has 0 bridgehead atoms. The van der Waals surface area contributed by atoms with Gasteiger partial charge in [-0.1, -0.05) is 23.7 Å². The van der Waals surface area contributed by atoms with Crippen LogP contribution in [0.15, 0.2) is 60.7 Å². The molecule has 4 rings (SSSR count). The lowest BCUT2D eigenvalue weighted by molar-refractivity contribution is -0.384. The summed E-state index contributed by atoms with van der Waals surface area (Å²) in [5.41, 5.74) is 2.22. The minimum atomic E-state index is -0.468. The standard InChI is InChI=1S/C22H20ClN5O3/c23-17-5-3-15(4-6-17)20-11-12-21(26-25-20)27-13-1-2-16(14-27)22(29)24-18-7-9-19(10-8-18)28(30)31/h3-12,16H,1-2,13-14H2,(H,24,29). The highest BCUT2D eigenvalue weighted by Gasteiger charge is 2.27. The third-order valence-electron chi connectivity index (χ3n) is 5.25. The summed E-state index contributed by atoms with van der Waals surface area (Å²) >= 11 is 5.93. The van der Waals surface area contributed by atoms with E-state index in [1.807, 2.05) is 36.4 Å². The molecule has 0 saturated carbocycles. The van der Waals surface area contributed by atoms with Gasteiger partial charge < -0.3 is 10.2 Å². The van der Waals surface area contributed by atoms with Gasteiger partial charge in [0.2, 0.25) is 5.91 Å². The number of anilines is 2. The van der Waals surface area contributed by atoms with Crippen LogP contribution in [-0.4, -0.2) is 34.1 Å². The maximum absolute atomic E-state index is 12.7. The van der Waals surface area contributed by atoms with Crippen LogP contribution in [0.5, 0.6) is 0 Å². The molecular formula is C22H20ClN5O3. The number of hydrogen-bond acceptors (Lipinski definition) is 6. The van der Waals surface area contributed by atoms with Gasteiger partial charge in [0, 0.05) is 41.5 Å². The molecule has 2 aromatic carbocycles. The van der Waals surface area contributed by atoms with E-state index in [1.54, 1.807) is 0 Å². The molecule has 1 fully saturated rings. The predicted octanol–water partition coefficient (Wildman–Crippen LogP) is 4.56. The Bertz CT molecular complexity index is 1070. The van der Waals surface area contributed by atoms with Crippen LogP contribution >= 0.6 is 11.6 Å². The van der Waals surface area contributed by atoms with Crippen LogP contribution in [0.3, 0.4) is 0 Å². The molecule has 31 heavy (non-hydrogen) atoms. The lowest BCUT2D eigenvalue weighted by atomic mass is 9.97. The van der Waals surface area contributed by atoms with Crippen molar-refractivity contribution in [1.29, 1.82) is 0 Å². The van der Waals surface area contributed by atoms with Crippen molar-refractivity contribution in [2.75, 3.05) is 23.3 Å². The van der Waals surface area contributed by atoms with Gasteiger partial charge in [-0.3, -0.25) is 14.9 Å². The van der Waals surface area contributed by atoms with Gasteiger partial charge in [-0.15, -0.1) is 10.2 Å². The molecule has 1 aromatic heterocycles. The Kier molecular flexibility index (Phi) is 6.08. The van der Waals surface area contributed by atoms with Crippen molar-refractivity contribution in [3.05, 3.63) is 75.8 Å². The third kappa shape index (κ3) is 4.97. The zero-order valence-electron chi connectivity index (χ0n) is 16.6. The first-order chi connectivity index (χ1) is 15.0. The van der Waals surface area contributed by atoms with E-state index < -0.39 is 4.92 Å². The molecule has 1 saturated heterocycles. The maximum Gasteiger partial charge on any atom is 0.269 e. The summed E-state index contributed by atoms with van der Waals surface area (Å²) in [7, 11) is 0. The van der Waals surface area contributed by atoms with E-state index in [0.29, 0.717) is 17.3 Å². The Morgan fingerprint density at radius 3 is 2.45 bits per heavy atom. The number of benzene rings is 2. The number of non-ortho nitro benzene ring substituents is 1. The highest BCUT2D eigenvalue weighted by molar-refractivity contribution is 6.30. The summed E-state index contributed by atoms with van der Waals surface area (Å²) in [5, 5.41) is 23.0. The van der Waals surface area contributed by atoms with Crippen molar-refractivity contribution in [2.45, 2.75) is 12.8 Å². The molecule has 1 aliphatic heterocycles. The number of rotatable bonds is 5. The molecule has 1 atom stereocenters. The van der Waals surface area contributed by atoms with Gasteiger partial charge in [0.15, 0.2) is 5.82 Å². The van der Waals surface area contributed by atoms with Crippen LogP contribution in [0.2, 0.25) is 5.02 Å². The van der Waals surface area contributed by atoms with Crippen LogP contribution in [0.4, 0.5) is 17.2 Å². The molecule has 1 aliphatic rings. The summed E-state index contributed by atoms with van der Waals surface area (Å²) in [5.74, 6) is 0.413. The number of carbonyl (C=O) groups is 1. The topological polar surface area (TPSA) is 101 Å². The summed E-state index contributed by atoms with van der Waals surface area (Å²) in [6.07, 6.45) is 1.63. The van der Waals surface area contributed by atoms with E-state index in [9.17, 15) is 14.9 Å². The smallest absolute Gasteiger partial charge is 0.269 e. The maximum atomic E-state index is 12.7. The number of nitro benzene ring substituents is 1. The number of nitrogens with one attached hydrogen (secondary N) is 1. The second kappa shape index (κ2) is 9.09. The van der Waals surface area contributed by atoms with Crippen molar-refractivity contribution in [3.63, 3.8) is 0 Å². The Morgan fingerprint density at radius 1 is 1.06 bits per heavy atom. The number of nitro groups is 1. The molecule has 1 amide bonds. The fourth-order valence-electron chi connectivity index (χ4n) is 3.58. The van der Waals surface area contributed by atoms with Gasteiger partial charge in [0.05, 0.1) is 16.5 Å². The average molecular weight is 438 g/mol. The van der Waals surface area contributed by atoms with Crippen molar-refractivity contribution < 1.29 is 9.72 Å². The SMILES string of the molecule is O=C(Nc1ccc([N+](=O)[O-])cc1)C1CCCN(c2ccc(-c3ccc(Cl)cc3)nn2)C1. The number of piperidine rings is 1. The lowest BCUT2D eigenvalue weighted by Crippen LogP contribution is -2.41. The van der Waals surface area contributed by atoms with Crippen LogP contribution in [-0.2, 0) is 4.79 Å². The molecular weight excluding hydrogens is 418 g/mol. The van der Waals surface area contributed by atoms with Crippen LogP contribution in [0.25, 0.3) is 11.3 Å². The first-order valence-electron chi connectivity index (χ1n) is 9.89. The fraction of sp³-hybridized carbons (Fsp3) is 0.227. The van der Waals surface area contributed by atoms with Crippen molar-refractivity contribution in [2.24, 2.45) is 5.92 Å². The monoisotopic (exact) mass is 437 g/mol. The van der Waals surface area contributed by atoms with E-state index >= 15 is 0 Å². The number of aromatic nitrogens is 2. The molecule has 158 valence electrons. The molecule has 8 nitrogen and oxygen atoms in total. The molecule has 0 radical (unpaired) electrons. The molecule has 9 heteroatoms. The van der Waals surface area contributed by atoms with E-state index in [4.69, 9.17) is 11.6 Å². The largest absolute Gasteiger partial charge is 0.354 e. The first kappa shape index (κ1) is 20.7. The summed E-state index contributed by atoms with van der Waals surface area (Å²) in [6.45, 7) is 1.34. The zero-order valence-corrected chi connectivity index (χ0v) is 17.3. The molecule has 0 spiro atoms. The molecule has 0 aliphatic carbocycles. The van der Waals surface area contributed by atoms with Gasteiger partial charge in [0.25, 0.3) is 5.69 Å². The number of amides is 1. The Hall–Kier alpha value is -3.52. The van der Waals surface area contributed by atoms with Gasteiger partial charge >= 0.3 is 0 Å². The van der Waals surface area contributed by atoms with E-state index in [0.717, 1.165) is 36.5 Å². The molecule has 1 unspecified atom stereocenters. The quantitative estimate of drug-likeness (QED) is 0.463. The van der Waals surface area contributed by atoms with Gasteiger partial charge in [-0.25, -0.2) is 0 Å². The minimum absolute atomic E-state index is 0.0116. The number of hydrogen-bond donors (Lipinski definition) is 1. The highest BCUT2D eigenvalue weighted by atomic mass is 35.5. The second-order valence-corrected chi connectivity index (χ2v) is 7.80. The Balaban J connectivity index is 1.40. The number of halogens is 1. The van der Waals surface area contributed by atoms with Gasteiger partial charge in [0.1, 0.15) is 0 Å². The normalized spacial score (nSPS) is 16.0. The second-order valence-electron chi connectivity index (χ2n) is 7.36. The molecule has 1 N–H and O–H groups in total. The minimum Gasteiger partial charge on any atom is -0.354 e. The summed E-state index contributed by atoms with van der Waals surface area (Å²) in [6, 6.07) is 17.1. The summed E-state index contributed by atoms with van der Waals surface area (Å²) in [4.78, 5) is 25.1. The Morgan fingerprint density at radius 2 is 1.81 bits per heavy atom. The van der Waals surface area contributed by atoms with Gasteiger partial charge in [-0.2, -0.15) is 0 Å². The lowest BCUT2D eigenvalue weighted by Gasteiger charge is -2.32. The molecule has 2 heterocycles. The average Bonchev–Trinajstić information content (AvgIpc) is 2.80. The van der Waals surface area contributed by atoms with Crippen LogP contribution in [0.1, 0.15) is 12.8 Å². The van der Waals surface area contributed by atoms with E-state index in [1.165, 1.54) is 24.3 Å². The van der Waals surface area contributed by atoms with E-state index in [-0.39, 0.29) is 17.5 Å².